The lowest BCUT2D eigenvalue weighted by atomic mass is 10.0. The van der Waals surface area contributed by atoms with Gasteiger partial charge in [-0.3, -0.25) is 4.79 Å². The lowest BCUT2D eigenvalue weighted by Crippen LogP contribution is -2.34. The molecule has 0 saturated carbocycles. The Bertz CT molecular complexity index is 504. The normalized spacial score (nSPS) is 11.9. The fourth-order valence-corrected chi connectivity index (χ4v) is 1.82. The highest BCUT2D eigenvalue weighted by Crippen LogP contribution is 2.24. The minimum atomic E-state index is -0.845. The molecule has 0 atom stereocenters. The van der Waals surface area contributed by atoms with Crippen LogP contribution in [-0.2, 0) is 4.74 Å². The van der Waals surface area contributed by atoms with Gasteiger partial charge < -0.3 is 9.15 Å². The fraction of sp³-hybridized carbons (Fsp3) is 0.357. The molecule has 0 aliphatic rings. The van der Waals surface area contributed by atoms with Crippen molar-refractivity contribution in [2.75, 3.05) is 6.61 Å². The van der Waals surface area contributed by atoms with Crippen molar-refractivity contribution in [1.82, 2.24) is 0 Å². The summed E-state index contributed by atoms with van der Waals surface area (Å²) in [5.41, 5.74) is -0.119. The van der Waals surface area contributed by atoms with E-state index in [9.17, 15) is 4.79 Å². The first-order valence-electron chi connectivity index (χ1n) is 5.72. The van der Waals surface area contributed by atoms with Gasteiger partial charge in [-0.25, -0.2) is 0 Å². The third-order valence-corrected chi connectivity index (χ3v) is 2.70. The second-order valence-electron chi connectivity index (χ2n) is 4.42. The van der Waals surface area contributed by atoms with Crippen molar-refractivity contribution in [3.8, 4) is 0 Å². The number of rotatable bonds is 4. The molecule has 0 unspecified atom stereocenters. The average Bonchev–Trinajstić information content (AvgIpc) is 2.71. The van der Waals surface area contributed by atoms with Crippen LogP contribution in [0.5, 0.6) is 0 Å². The van der Waals surface area contributed by atoms with Gasteiger partial charge in [0.1, 0.15) is 11.2 Å². The maximum Gasteiger partial charge on any atom is 0.229 e. The van der Waals surface area contributed by atoms with Crippen molar-refractivity contribution in [3.63, 3.8) is 0 Å². The molecule has 1 aromatic heterocycles. The van der Waals surface area contributed by atoms with Crippen LogP contribution >= 0.6 is 0 Å². The third-order valence-electron chi connectivity index (χ3n) is 2.70. The van der Waals surface area contributed by atoms with Gasteiger partial charge in [-0.05, 0) is 32.9 Å². The Balaban J connectivity index is 2.37. The van der Waals surface area contributed by atoms with Crippen LogP contribution in [0.4, 0.5) is 0 Å². The van der Waals surface area contributed by atoms with Crippen molar-refractivity contribution in [2.45, 2.75) is 26.4 Å². The minimum absolute atomic E-state index is 0.129. The Morgan fingerprint density at radius 2 is 2.06 bits per heavy atom. The summed E-state index contributed by atoms with van der Waals surface area (Å²) in [4.78, 5) is 12.2. The molecule has 17 heavy (non-hydrogen) atoms. The number of hydrogen-bond donors (Lipinski definition) is 0. The van der Waals surface area contributed by atoms with E-state index in [0.29, 0.717) is 12.4 Å². The Morgan fingerprint density at radius 1 is 1.35 bits per heavy atom. The molecule has 2 aromatic rings. The number of hydrogen-bond acceptors (Lipinski definition) is 3. The SMILES string of the molecule is CCOC(C)(C)C(=O)c1cc2ccccc2o1. The molecule has 0 amide bonds. The molecule has 0 radical (unpaired) electrons. The van der Waals surface area contributed by atoms with Crippen LogP contribution in [0.1, 0.15) is 31.3 Å². The van der Waals surface area contributed by atoms with E-state index < -0.39 is 5.60 Å². The second-order valence-corrected chi connectivity index (χ2v) is 4.42. The average molecular weight is 232 g/mol. The van der Waals surface area contributed by atoms with Crippen LogP contribution < -0.4 is 0 Å². The number of carbonyl (C=O) groups is 1. The van der Waals surface area contributed by atoms with Crippen molar-refractivity contribution >= 4 is 16.8 Å². The summed E-state index contributed by atoms with van der Waals surface area (Å²) in [6, 6.07) is 9.33. The maximum atomic E-state index is 12.2. The Kier molecular flexibility index (Phi) is 3.03. The zero-order chi connectivity index (χ0) is 12.5. The molecule has 3 heteroatoms. The number of para-hydroxylation sites is 1. The maximum absolute atomic E-state index is 12.2. The number of benzene rings is 1. The Hall–Kier alpha value is -1.61. The summed E-state index contributed by atoms with van der Waals surface area (Å²) >= 11 is 0. The van der Waals surface area contributed by atoms with Crippen LogP contribution in [0, 0.1) is 0 Å². The van der Waals surface area contributed by atoms with Gasteiger partial charge in [0, 0.05) is 12.0 Å². The molecule has 90 valence electrons. The van der Waals surface area contributed by atoms with Crippen molar-refractivity contribution in [2.24, 2.45) is 0 Å². The molecule has 0 N–H and O–H groups in total. The molecular weight excluding hydrogens is 216 g/mol. The summed E-state index contributed by atoms with van der Waals surface area (Å²) in [6.45, 7) is 5.88. The smallest absolute Gasteiger partial charge is 0.229 e. The van der Waals surface area contributed by atoms with E-state index in [1.165, 1.54) is 0 Å². The lowest BCUT2D eigenvalue weighted by molar-refractivity contribution is -0.000534. The lowest BCUT2D eigenvalue weighted by Gasteiger charge is -2.21. The van der Waals surface area contributed by atoms with Gasteiger partial charge in [-0.2, -0.15) is 0 Å². The minimum Gasteiger partial charge on any atom is -0.453 e. The van der Waals surface area contributed by atoms with E-state index in [2.05, 4.69) is 0 Å². The molecule has 1 heterocycles. The van der Waals surface area contributed by atoms with E-state index in [-0.39, 0.29) is 5.78 Å². The van der Waals surface area contributed by atoms with Crippen molar-refractivity contribution in [1.29, 1.82) is 0 Å². The highest BCUT2D eigenvalue weighted by Gasteiger charge is 2.31. The first-order chi connectivity index (χ1) is 8.04. The number of fused-ring (bicyclic) bond motifs is 1. The van der Waals surface area contributed by atoms with Crippen LogP contribution in [0.15, 0.2) is 34.7 Å². The van der Waals surface area contributed by atoms with Gasteiger partial charge >= 0.3 is 0 Å². The molecule has 0 aliphatic carbocycles. The summed E-state index contributed by atoms with van der Waals surface area (Å²) in [7, 11) is 0. The van der Waals surface area contributed by atoms with Crippen LogP contribution in [0.25, 0.3) is 11.0 Å². The standard InChI is InChI=1S/C14H16O3/c1-4-16-14(2,3)13(15)12-9-10-7-5-6-8-11(10)17-12/h5-9H,4H2,1-3H3. The van der Waals surface area contributed by atoms with Gasteiger partial charge in [0.2, 0.25) is 5.78 Å². The molecule has 0 aliphatic heterocycles. The Morgan fingerprint density at radius 3 is 2.71 bits per heavy atom. The molecular formula is C14H16O3. The molecule has 1 aromatic carbocycles. The topological polar surface area (TPSA) is 39.4 Å². The number of ether oxygens (including phenoxy) is 1. The number of carbonyl (C=O) groups excluding carboxylic acids is 1. The van der Waals surface area contributed by atoms with Gasteiger partial charge in [0.25, 0.3) is 0 Å². The molecule has 2 rings (SSSR count). The van der Waals surface area contributed by atoms with E-state index in [1.54, 1.807) is 19.9 Å². The molecule has 0 saturated heterocycles. The predicted molar refractivity (Wildman–Crippen MR) is 66.2 cm³/mol. The van der Waals surface area contributed by atoms with E-state index >= 15 is 0 Å². The highest BCUT2D eigenvalue weighted by molar-refractivity contribution is 6.02. The van der Waals surface area contributed by atoms with Gasteiger partial charge in [0.05, 0.1) is 0 Å². The molecule has 0 fully saturated rings. The molecule has 0 spiro atoms. The second kappa shape index (κ2) is 4.34. The zero-order valence-electron chi connectivity index (χ0n) is 10.3. The van der Waals surface area contributed by atoms with Crippen molar-refractivity contribution in [3.05, 3.63) is 36.1 Å². The number of ketones is 1. The monoisotopic (exact) mass is 232 g/mol. The van der Waals surface area contributed by atoms with E-state index in [1.807, 2.05) is 31.2 Å². The van der Waals surface area contributed by atoms with E-state index in [0.717, 1.165) is 11.0 Å². The predicted octanol–water partition coefficient (Wildman–Crippen LogP) is 3.43. The number of furan rings is 1. The largest absolute Gasteiger partial charge is 0.453 e. The molecule has 3 nitrogen and oxygen atoms in total. The summed E-state index contributed by atoms with van der Waals surface area (Å²) in [6.07, 6.45) is 0. The van der Waals surface area contributed by atoms with Gasteiger partial charge in [-0.15, -0.1) is 0 Å². The highest BCUT2D eigenvalue weighted by atomic mass is 16.5. The first kappa shape index (κ1) is 11.9. The van der Waals surface area contributed by atoms with Crippen LogP contribution in [0.3, 0.4) is 0 Å². The van der Waals surface area contributed by atoms with Crippen LogP contribution in [-0.4, -0.2) is 18.0 Å². The Labute approximate surface area is 100 Å². The van der Waals surface area contributed by atoms with Crippen molar-refractivity contribution < 1.29 is 13.9 Å². The number of Topliss-reactive ketones (excluding diaryl/α,β-unsaturated/α-hetero) is 1. The summed E-state index contributed by atoms with van der Waals surface area (Å²) < 4.78 is 11.0. The molecule has 0 bridgehead atoms. The first-order valence-corrected chi connectivity index (χ1v) is 5.72. The summed E-state index contributed by atoms with van der Waals surface area (Å²) in [5, 5.41) is 0.933. The van der Waals surface area contributed by atoms with Gasteiger partial charge in [0.15, 0.2) is 5.76 Å². The third kappa shape index (κ3) is 2.24. The quantitative estimate of drug-likeness (QED) is 0.758. The summed E-state index contributed by atoms with van der Waals surface area (Å²) in [5.74, 6) is 0.222. The van der Waals surface area contributed by atoms with Gasteiger partial charge in [-0.1, -0.05) is 18.2 Å². The zero-order valence-corrected chi connectivity index (χ0v) is 10.3. The van der Waals surface area contributed by atoms with E-state index in [4.69, 9.17) is 9.15 Å². The van der Waals surface area contributed by atoms with Crippen LogP contribution in [0.2, 0.25) is 0 Å². The fourth-order valence-electron chi connectivity index (χ4n) is 1.82.